The Morgan fingerprint density at radius 2 is 2.08 bits per heavy atom. The standard InChI is InChI=1S/C10H14N2S/c1-2-9-8(1)7-10(13-9)12-5-3-11-4-6-12/h7,11H,1-6H2. The predicted molar refractivity (Wildman–Crippen MR) is 56.8 cm³/mol. The monoisotopic (exact) mass is 194 g/mol. The molecule has 1 aromatic heterocycles. The van der Waals surface area contributed by atoms with Crippen molar-refractivity contribution in [1.82, 2.24) is 5.32 Å². The minimum absolute atomic E-state index is 1.14. The second kappa shape index (κ2) is 3.00. The maximum atomic E-state index is 3.38. The van der Waals surface area contributed by atoms with Gasteiger partial charge in [0.25, 0.3) is 0 Å². The van der Waals surface area contributed by atoms with Crippen molar-refractivity contribution in [3.05, 3.63) is 16.5 Å². The molecule has 1 saturated heterocycles. The number of rotatable bonds is 1. The lowest BCUT2D eigenvalue weighted by atomic mass is 9.99. The second-order valence-corrected chi connectivity index (χ2v) is 4.89. The van der Waals surface area contributed by atoms with E-state index in [-0.39, 0.29) is 0 Å². The number of fused-ring (bicyclic) bond motifs is 1. The number of hydrogen-bond donors (Lipinski definition) is 1. The Morgan fingerprint density at radius 1 is 1.23 bits per heavy atom. The van der Waals surface area contributed by atoms with Crippen molar-refractivity contribution in [2.45, 2.75) is 12.8 Å². The van der Waals surface area contributed by atoms with E-state index in [0.717, 1.165) is 13.1 Å². The second-order valence-electron chi connectivity index (χ2n) is 3.77. The molecule has 13 heavy (non-hydrogen) atoms. The van der Waals surface area contributed by atoms with Crippen molar-refractivity contribution in [1.29, 1.82) is 0 Å². The fourth-order valence-electron chi connectivity index (χ4n) is 1.99. The highest BCUT2D eigenvalue weighted by Gasteiger charge is 2.20. The van der Waals surface area contributed by atoms with E-state index >= 15 is 0 Å². The first kappa shape index (κ1) is 7.83. The van der Waals surface area contributed by atoms with Crippen LogP contribution in [-0.2, 0) is 12.8 Å². The summed E-state index contributed by atoms with van der Waals surface area (Å²) in [5.41, 5.74) is 1.61. The third kappa shape index (κ3) is 1.27. The number of nitrogens with zero attached hydrogens (tertiary/aromatic N) is 1. The smallest absolute Gasteiger partial charge is 0.0915 e. The third-order valence-corrected chi connectivity index (χ3v) is 4.23. The van der Waals surface area contributed by atoms with Crippen LogP contribution < -0.4 is 10.2 Å². The summed E-state index contributed by atoms with van der Waals surface area (Å²) in [5.74, 6) is 0. The van der Waals surface area contributed by atoms with E-state index in [1.807, 2.05) is 11.3 Å². The molecule has 70 valence electrons. The zero-order valence-corrected chi connectivity index (χ0v) is 8.49. The topological polar surface area (TPSA) is 15.3 Å². The van der Waals surface area contributed by atoms with Crippen molar-refractivity contribution >= 4 is 16.3 Å². The van der Waals surface area contributed by atoms with Crippen molar-refractivity contribution in [3.8, 4) is 0 Å². The Kier molecular flexibility index (Phi) is 1.80. The fourth-order valence-corrected chi connectivity index (χ4v) is 3.25. The van der Waals surface area contributed by atoms with Crippen LogP contribution in [0.4, 0.5) is 5.00 Å². The van der Waals surface area contributed by atoms with Gasteiger partial charge in [-0.15, -0.1) is 11.3 Å². The highest BCUT2D eigenvalue weighted by molar-refractivity contribution is 7.16. The van der Waals surface area contributed by atoms with E-state index in [0.29, 0.717) is 0 Å². The number of hydrogen-bond acceptors (Lipinski definition) is 3. The maximum absolute atomic E-state index is 3.38. The number of anilines is 1. The zero-order valence-electron chi connectivity index (χ0n) is 7.68. The van der Waals surface area contributed by atoms with Gasteiger partial charge in [0.2, 0.25) is 0 Å². The average molecular weight is 194 g/mol. The van der Waals surface area contributed by atoms with Gasteiger partial charge in [-0.25, -0.2) is 0 Å². The number of aryl methyl sites for hydroxylation is 2. The highest BCUT2D eigenvalue weighted by Crippen LogP contribution is 2.37. The van der Waals surface area contributed by atoms with E-state index in [4.69, 9.17) is 0 Å². The van der Waals surface area contributed by atoms with Gasteiger partial charge in [-0.3, -0.25) is 0 Å². The van der Waals surface area contributed by atoms with Crippen LogP contribution in [0.1, 0.15) is 10.4 Å². The minimum Gasteiger partial charge on any atom is -0.361 e. The van der Waals surface area contributed by atoms with E-state index in [9.17, 15) is 0 Å². The van der Waals surface area contributed by atoms with Crippen LogP contribution >= 0.6 is 11.3 Å². The minimum atomic E-state index is 1.14. The van der Waals surface area contributed by atoms with Crippen LogP contribution in [0.25, 0.3) is 0 Å². The Morgan fingerprint density at radius 3 is 2.62 bits per heavy atom. The van der Waals surface area contributed by atoms with Gasteiger partial charge in [0.15, 0.2) is 0 Å². The quantitative estimate of drug-likeness (QED) is 0.724. The van der Waals surface area contributed by atoms with Crippen molar-refractivity contribution in [3.63, 3.8) is 0 Å². The molecule has 0 aromatic carbocycles. The molecular weight excluding hydrogens is 180 g/mol. The number of nitrogens with one attached hydrogen (secondary N) is 1. The number of piperazine rings is 1. The lowest BCUT2D eigenvalue weighted by molar-refractivity contribution is 0.592. The molecule has 1 fully saturated rings. The van der Waals surface area contributed by atoms with Gasteiger partial charge < -0.3 is 10.2 Å². The average Bonchev–Trinajstić information content (AvgIpc) is 2.45. The Bertz CT molecular complexity index is 291. The van der Waals surface area contributed by atoms with Gasteiger partial charge in [0.1, 0.15) is 0 Å². The maximum Gasteiger partial charge on any atom is 0.0915 e. The first-order valence-electron chi connectivity index (χ1n) is 5.01. The molecule has 0 atom stereocenters. The summed E-state index contributed by atoms with van der Waals surface area (Å²) in [5, 5.41) is 4.89. The van der Waals surface area contributed by atoms with Crippen LogP contribution in [0.5, 0.6) is 0 Å². The lowest BCUT2D eigenvalue weighted by Crippen LogP contribution is -2.43. The van der Waals surface area contributed by atoms with E-state index in [1.54, 1.807) is 10.4 Å². The molecule has 2 aliphatic rings. The molecular formula is C10H14N2S. The van der Waals surface area contributed by atoms with Gasteiger partial charge in [0, 0.05) is 31.1 Å². The molecule has 0 spiro atoms. The summed E-state index contributed by atoms with van der Waals surface area (Å²) < 4.78 is 0. The summed E-state index contributed by atoms with van der Waals surface area (Å²) in [7, 11) is 0. The van der Waals surface area contributed by atoms with E-state index in [2.05, 4.69) is 16.3 Å². The number of thiophene rings is 1. The van der Waals surface area contributed by atoms with Crippen molar-refractivity contribution in [2.24, 2.45) is 0 Å². The molecule has 1 N–H and O–H groups in total. The summed E-state index contributed by atoms with van der Waals surface area (Å²) in [6.45, 7) is 4.64. The molecule has 1 aliphatic heterocycles. The fraction of sp³-hybridized carbons (Fsp3) is 0.600. The molecule has 3 heteroatoms. The molecule has 2 nitrogen and oxygen atoms in total. The molecule has 0 radical (unpaired) electrons. The summed E-state index contributed by atoms with van der Waals surface area (Å²) >= 11 is 2.01. The highest BCUT2D eigenvalue weighted by atomic mass is 32.1. The lowest BCUT2D eigenvalue weighted by Gasteiger charge is -2.27. The van der Waals surface area contributed by atoms with Crippen molar-refractivity contribution < 1.29 is 0 Å². The predicted octanol–water partition coefficient (Wildman–Crippen LogP) is 1.26. The van der Waals surface area contributed by atoms with Crippen LogP contribution in [0.15, 0.2) is 6.07 Å². The molecule has 2 heterocycles. The van der Waals surface area contributed by atoms with Crippen LogP contribution in [0.3, 0.4) is 0 Å². The van der Waals surface area contributed by atoms with E-state index in [1.165, 1.54) is 30.9 Å². The normalized spacial score (nSPS) is 21.1. The molecule has 0 unspecified atom stereocenters. The zero-order chi connectivity index (χ0) is 8.67. The molecule has 0 amide bonds. The largest absolute Gasteiger partial charge is 0.361 e. The summed E-state index contributed by atoms with van der Waals surface area (Å²) in [6.07, 6.45) is 2.64. The summed E-state index contributed by atoms with van der Waals surface area (Å²) in [4.78, 5) is 4.15. The molecule has 0 saturated carbocycles. The van der Waals surface area contributed by atoms with Crippen LogP contribution in [-0.4, -0.2) is 26.2 Å². The Balaban J connectivity index is 1.82. The summed E-state index contributed by atoms with van der Waals surface area (Å²) in [6, 6.07) is 2.40. The Labute approximate surface area is 82.6 Å². The first-order chi connectivity index (χ1) is 6.43. The Hall–Kier alpha value is -0.540. The molecule has 1 aromatic rings. The third-order valence-electron chi connectivity index (χ3n) is 2.93. The first-order valence-corrected chi connectivity index (χ1v) is 5.82. The van der Waals surface area contributed by atoms with Crippen molar-refractivity contribution in [2.75, 3.05) is 31.1 Å². The van der Waals surface area contributed by atoms with Gasteiger partial charge in [-0.1, -0.05) is 0 Å². The molecule has 3 rings (SSSR count). The molecule has 1 aliphatic carbocycles. The van der Waals surface area contributed by atoms with Gasteiger partial charge in [0.05, 0.1) is 5.00 Å². The van der Waals surface area contributed by atoms with Gasteiger partial charge in [-0.2, -0.15) is 0 Å². The SMILES string of the molecule is c1c(N2CCNCC2)sc2c1CC2. The van der Waals surface area contributed by atoms with E-state index < -0.39 is 0 Å². The van der Waals surface area contributed by atoms with Crippen LogP contribution in [0.2, 0.25) is 0 Å². The van der Waals surface area contributed by atoms with Gasteiger partial charge in [-0.05, 0) is 24.5 Å². The van der Waals surface area contributed by atoms with Gasteiger partial charge >= 0.3 is 0 Å². The van der Waals surface area contributed by atoms with Crippen LogP contribution in [0, 0.1) is 0 Å². The molecule has 0 bridgehead atoms.